The number of hydrogen-bond donors (Lipinski definition) is 0. The molecule has 0 spiro atoms. The predicted molar refractivity (Wildman–Crippen MR) is 85.0 cm³/mol. The van der Waals surface area contributed by atoms with E-state index in [4.69, 9.17) is 0 Å². The molecule has 0 radical (unpaired) electrons. The van der Waals surface area contributed by atoms with Crippen LogP contribution in [0.2, 0.25) is 0 Å². The molecule has 21 heavy (non-hydrogen) atoms. The smallest absolute Gasteiger partial charge is 0.236 e. The summed E-state index contributed by atoms with van der Waals surface area (Å²) in [6.07, 6.45) is 7.28. The van der Waals surface area contributed by atoms with Gasteiger partial charge in [0.05, 0.1) is 6.54 Å². The molecule has 2 heterocycles. The maximum Gasteiger partial charge on any atom is 0.236 e. The third-order valence-corrected chi connectivity index (χ3v) is 4.85. The Labute approximate surface area is 127 Å². The van der Waals surface area contributed by atoms with E-state index < -0.39 is 0 Å². The lowest BCUT2D eigenvalue weighted by atomic mass is 10.0. The monoisotopic (exact) mass is 286 g/mol. The van der Waals surface area contributed by atoms with Gasteiger partial charge in [-0.05, 0) is 37.8 Å². The van der Waals surface area contributed by atoms with Gasteiger partial charge in [-0.3, -0.25) is 9.69 Å². The van der Waals surface area contributed by atoms with Gasteiger partial charge in [0.1, 0.15) is 0 Å². The number of rotatable bonds is 3. The molecule has 3 heteroatoms. The molecule has 2 fully saturated rings. The molecule has 0 N–H and O–H groups in total. The second-order valence-electron chi connectivity index (χ2n) is 6.33. The fraction of sp³-hybridized carbons (Fsp3) is 0.611. The van der Waals surface area contributed by atoms with Gasteiger partial charge in [-0.1, -0.05) is 43.2 Å². The highest BCUT2D eigenvalue weighted by molar-refractivity contribution is 5.78. The van der Waals surface area contributed by atoms with Gasteiger partial charge in [0.15, 0.2) is 0 Å². The molecule has 0 saturated carbocycles. The van der Waals surface area contributed by atoms with E-state index in [9.17, 15) is 4.79 Å². The zero-order valence-electron chi connectivity index (χ0n) is 12.8. The van der Waals surface area contributed by atoms with Crippen LogP contribution in [0, 0.1) is 0 Å². The van der Waals surface area contributed by atoms with Crippen LogP contribution in [0.3, 0.4) is 0 Å². The Hall–Kier alpha value is -1.35. The van der Waals surface area contributed by atoms with Crippen LogP contribution in [-0.2, 0) is 4.79 Å². The minimum atomic E-state index is 0.333. The van der Waals surface area contributed by atoms with Crippen molar-refractivity contribution >= 4 is 5.91 Å². The Kier molecular flexibility index (Phi) is 4.91. The Morgan fingerprint density at radius 1 is 0.952 bits per heavy atom. The van der Waals surface area contributed by atoms with E-state index in [2.05, 4.69) is 40.1 Å². The zero-order valence-corrected chi connectivity index (χ0v) is 12.8. The second kappa shape index (κ2) is 7.08. The minimum absolute atomic E-state index is 0.333. The van der Waals surface area contributed by atoms with E-state index in [-0.39, 0.29) is 0 Å². The molecule has 3 nitrogen and oxygen atoms in total. The molecule has 3 rings (SSSR count). The van der Waals surface area contributed by atoms with Crippen LogP contribution in [0.15, 0.2) is 30.3 Å². The van der Waals surface area contributed by atoms with E-state index in [1.807, 2.05) is 0 Å². The number of nitrogens with zero attached hydrogens (tertiary/aromatic N) is 2. The summed E-state index contributed by atoms with van der Waals surface area (Å²) in [4.78, 5) is 17.0. The van der Waals surface area contributed by atoms with Gasteiger partial charge >= 0.3 is 0 Å². The normalized spacial score (nSPS) is 24.0. The molecule has 1 aromatic carbocycles. The Balaban J connectivity index is 1.62. The van der Waals surface area contributed by atoms with Crippen LogP contribution in [0.1, 0.15) is 50.1 Å². The fourth-order valence-electron chi connectivity index (χ4n) is 3.66. The standard InChI is InChI=1S/C18H26N2O/c21-18(19-12-6-1-2-7-13-19)15-20-14-8-11-17(20)16-9-4-3-5-10-16/h3-5,9-10,17H,1-2,6-8,11-15H2. The second-order valence-corrected chi connectivity index (χ2v) is 6.33. The van der Waals surface area contributed by atoms with Gasteiger partial charge in [-0.2, -0.15) is 0 Å². The van der Waals surface area contributed by atoms with Gasteiger partial charge in [0, 0.05) is 19.1 Å². The third-order valence-electron chi connectivity index (χ3n) is 4.85. The highest BCUT2D eigenvalue weighted by Gasteiger charge is 2.28. The molecular formula is C18H26N2O. The molecule has 2 saturated heterocycles. The summed E-state index contributed by atoms with van der Waals surface area (Å²) in [6, 6.07) is 11.1. The average Bonchev–Trinajstić information content (AvgIpc) is 2.81. The quantitative estimate of drug-likeness (QED) is 0.851. The Morgan fingerprint density at radius 3 is 2.38 bits per heavy atom. The van der Waals surface area contributed by atoms with Gasteiger partial charge in [0.25, 0.3) is 0 Å². The van der Waals surface area contributed by atoms with E-state index in [0.717, 1.165) is 19.6 Å². The molecule has 2 aliphatic rings. The maximum absolute atomic E-state index is 12.6. The molecule has 0 aromatic heterocycles. The number of amides is 1. The number of carbonyl (C=O) groups excluding carboxylic acids is 1. The van der Waals surface area contributed by atoms with Gasteiger partial charge in [-0.25, -0.2) is 0 Å². The lowest BCUT2D eigenvalue weighted by molar-refractivity contribution is -0.132. The van der Waals surface area contributed by atoms with Crippen molar-refractivity contribution < 1.29 is 4.79 Å². The highest BCUT2D eigenvalue weighted by atomic mass is 16.2. The molecule has 1 atom stereocenters. The van der Waals surface area contributed by atoms with Crippen LogP contribution in [-0.4, -0.2) is 41.9 Å². The highest BCUT2D eigenvalue weighted by Crippen LogP contribution is 2.31. The topological polar surface area (TPSA) is 23.6 Å². The summed E-state index contributed by atoms with van der Waals surface area (Å²) in [7, 11) is 0. The summed E-state index contributed by atoms with van der Waals surface area (Å²) in [5.41, 5.74) is 1.36. The van der Waals surface area contributed by atoms with E-state index in [0.29, 0.717) is 18.5 Å². The first-order valence-corrected chi connectivity index (χ1v) is 8.41. The van der Waals surface area contributed by atoms with Crippen LogP contribution in [0.5, 0.6) is 0 Å². The SMILES string of the molecule is O=C(CN1CCCC1c1ccccc1)N1CCCCCC1. The number of likely N-dealkylation sites (tertiary alicyclic amines) is 2. The van der Waals surface area contributed by atoms with Crippen LogP contribution < -0.4 is 0 Å². The van der Waals surface area contributed by atoms with E-state index in [1.54, 1.807) is 0 Å². The summed E-state index contributed by atoms with van der Waals surface area (Å²) in [6.45, 7) is 3.57. The van der Waals surface area contributed by atoms with Crippen molar-refractivity contribution in [3.8, 4) is 0 Å². The lowest BCUT2D eigenvalue weighted by Gasteiger charge is -2.28. The van der Waals surface area contributed by atoms with Crippen molar-refractivity contribution in [3.63, 3.8) is 0 Å². The van der Waals surface area contributed by atoms with Crippen LogP contribution in [0.4, 0.5) is 0 Å². The molecule has 0 aliphatic carbocycles. The first-order valence-electron chi connectivity index (χ1n) is 8.41. The molecular weight excluding hydrogens is 260 g/mol. The molecule has 0 bridgehead atoms. The van der Waals surface area contributed by atoms with Crippen molar-refractivity contribution in [1.82, 2.24) is 9.80 Å². The van der Waals surface area contributed by atoms with Crippen molar-refractivity contribution in [2.24, 2.45) is 0 Å². The third kappa shape index (κ3) is 3.65. The first-order chi connectivity index (χ1) is 10.3. The fourth-order valence-corrected chi connectivity index (χ4v) is 3.66. The molecule has 114 valence electrons. The summed E-state index contributed by atoms with van der Waals surface area (Å²) >= 11 is 0. The summed E-state index contributed by atoms with van der Waals surface area (Å²) in [5, 5.41) is 0. The predicted octanol–water partition coefficient (Wildman–Crippen LogP) is 3.23. The molecule has 2 aliphatic heterocycles. The Morgan fingerprint density at radius 2 is 1.67 bits per heavy atom. The van der Waals surface area contributed by atoms with Gasteiger partial charge in [-0.15, -0.1) is 0 Å². The largest absolute Gasteiger partial charge is 0.342 e. The molecule has 1 aromatic rings. The van der Waals surface area contributed by atoms with E-state index in [1.165, 1.54) is 44.1 Å². The summed E-state index contributed by atoms with van der Waals surface area (Å²) < 4.78 is 0. The number of hydrogen-bond acceptors (Lipinski definition) is 2. The van der Waals surface area contributed by atoms with Gasteiger partial charge in [0.2, 0.25) is 5.91 Å². The van der Waals surface area contributed by atoms with E-state index >= 15 is 0 Å². The first kappa shape index (κ1) is 14.6. The lowest BCUT2D eigenvalue weighted by Crippen LogP contribution is -2.40. The number of benzene rings is 1. The van der Waals surface area contributed by atoms with Crippen molar-refractivity contribution in [3.05, 3.63) is 35.9 Å². The number of carbonyl (C=O) groups is 1. The minimum Gasteiger partial charge on any atom is -0.342 e. The molecule has 1 amide bonds. The van der Waals surface area contributed by atoms with Crippen molar-refractivity contribution in [1.29, 1.82) is 0 Å². The zero-order chi connectivity index (χ0) is 14.5. The van der Waals surface area contributed by atoms with Gasteiger partial charge < -0.3 is 4.90 Å². The Bertz CT molecular complexity index is 452. The van der Waals surface area contributed by atoms with Crippen molar-refractivity contribution in [2.45, 2.75) is 44.6 Å². The maximum atomic E-state index is 12.6. The van der Waals surface area contributed by atoms with Crippen LogP contribution in [0.25, 0.3) is 0 Å². The average molecular weight is 286 g/mol. The van der Waals surface area contributed by atoms with Crippen LogP contribution >= 0.6 is 0 Å². The van der Waals surface area contributed by atoms with Crippen molar-refractivity contribution in [2.75, 3.05) is 26.2 Å². The molecule has 1 unspecified atom stereocenters. The summed E-state index contributed by atoms with van der Waals surface area (Å²) in [5.74, 6) is 0.333.